The molecule has 2 aromatic rings. The predicted octanol–water partition coefficient (Wildman–Crippen LogP) is 1.29. The molecule has 1 aromatic carbocycles. The zero-order chi connectivity index (χ0) is 13.7. The second kappa shape index (κ2) is 5.81. The van der Waals surface area contributed by atoms with Crippen LogP contribution in [0.2, 0.25) is 0 Å². The number of nitrogens with zero attached hydrogens (tertiary/aromatic N) is 2. The third kappa shape index (κ3) is 3.95. The van der Waals surface area contributed by atoms with Gasteiger partial charge < -0.3 is 15.6 Å². The monoisotopic (exact) mass is 258 g/mol. The lowest BCUT2D eigenvalue weighted by molar-refractivity contribution is -0.116. The Morgan fingerprint density at radius 1 is 1.53 bits per heavy atom. The van der Waals surface area contributed by atoms with Gasteiger partial charge in [0, 0.05) is 11.8 Å². The van der Waals surface area contributed by atoms with Gasteiger partial charge in [-0.2, -0.15) is 4.98 Å². The van der Waals surface area contributed by atoms with Gasteiger partial charge in [0.1, 0.15) is 0 Å². The summed E-state index contributed by atoms with van der Waals surface area (Å²) in [6.45, 7) is 1.93. The van der Waals surface area contributed by atoms with E-state index in [1.54, 1.807) is 25.1 Å². The van der Waals surface area contributed by atoms with Crippen molar-refractivity contribution in [1.82, 2.24) is 15.5 Å². The first-order valence-corrected chi connectivity index (χ1v) is 5.74. The third-order valence-corrected chi connectivity index (χ3v) is 2.32. The summed E-state index contributed by atoms with van der Waals surface area (Å²) in [5, 5.41) is 6.27. The van der Waals surface area contributed by atoms with E-state index in [2.05, 4.69) is 15.5 Å². The smallest absolute Gasteiger partial charge is 0.246 e. The number of aryl methyl sites for hydroxylation is 1. The van der Waals surface area contributed by atoms with Crippen LogP contribution in [0.3, 0.4) is 0 Å². The molecule has 98 valence electrons. The van der Waals surface area contributed by atoms with E-state index in [1.165, 1.54) is 6.08 Å². The molecule has 0 radical (unpaired) electrons. The van der Waals surface area contributed by atoms with Crippen molar-refractivity contribution in [3.63, 3.8) is 0 Å². The molecule has 19 heavy (non-hydrogen) atoms. The van der Waals surface area contributed by atoms with Crippen molar-refractivity contribution in [3.05, 3.63) is 47.6 Å². The van der Waals surface area contributed by atoms with Crippen molar-refractivity contribution in [2.75, 3.05) is 5.73 Å². The molecule has 0 aliphatic carbocycles. The number of nitrogens with two attached hydrogens (primary N) is 1. The van der Waals surface area contributed by atoms with E-state index in [0.29, 0.717) is 17.4 Å². The van der Waals surface area contributed by atoms with E-state index in [4.69, 9.17) is 10.3 Å². The Morgan fingerprint density at radius 3 is 3.05 bits per heavy atom. The highest BCUT2D eigenvalue weighted by atomic mass is 16.5. The molecule has 0 aliphatic heterocycles. The number of carbonyl (C=O) groups is 1. The van der Waals surface area contributed by atoms with Crippen molar-refractivity contribution >= 4 is 17.7 Å². The number of nitrogen functional groups attached to an aromatic ring is 1. The van der Waals surface area contributed by atoms with E-state index in [9.17, 15) is 4.79 Å². The number of hydrogen-bond donors (Lipinski definition) is 2. The molecule has 0 spiro atoms. The van der Waals surface area contributed by atoms with Gasteiger partial charge in [-0.05, 0) is 30.7 Å². The molecule has 3 N–H and O–H groups in total. The van der Waals surface area contributed by atoms with Crippen molar-refractivity contribution in [2.45, 2.75) is 13.5 Å². The Morgan fingerprint density at radius 2 is 2.37 bits per heavy atom. The van der Waals surface area contributed by atoms with Crippen LogP contribution in [0.1, 0.15) is 17.3 Å². The molecule has 6 heteroatoms. The molecular formula is C13H14N4O2. The first-order chi connectivity index (χ1) is 9.13. The summed E-state index contributed by atoms with van der Waals surface area (Å²) in [7, 11) is 0. The molecule has 0 fully saturated rings. The van der Waals surface area contributed by atoms with Crippen LogP contribution < -0.4 is 11.1 Å². The Balaban J connectivity index is 1.87. The minimum atomic E-state index is -0.238. The fourth-order valence-corrected chi connectivity index (χ4v) is 1.47. The summed E-state index contributed by atoms with van der Waals surface area (Å²) >= 11 is 0. The molecule has 1 heterocycles. The lowest BCUT2D eigenvalue weighted by Gasteiger charge is -1.97. The summed E-state index contributed by atoms with van der Waals surface area (Å²) in [5.74, 6) is 0.682. The molecule has 0 saturated carbocycles. The second-order valence-corrected chi connectivity index (χ2v) is 3.96. The number of anilines is 1. The molecule has 0 bridgehead atoms. The fraction of sp³-hybridized carbons (Fsp3) is 0.154. The fourth-order valence-electron chi connectivity index (χ4n) is 1.47. The molecule has 6 nitrogen and oxygen atoms in total. The van der Waals surface area contributed by atoms with Crippen LogP contribution in [0, 0.1) is 6.92 Å². The number of carbonyl (C=O) groups excluding carboxylic acids is 1. The zero-order valence-electron chi connectivity index (χ0n) is 10.5. The zero-order valence-corrected chi connectivity index (χ0v) is 10.5. The maximum Gasteiger partial charge on any atom is 0.246 e. The van der Waals surface area contributed by atoms with Gasteiger partial charge in [-0.25, -0.2) is 0 Å². The summed E-state index contributed by atoms with van der Waals surface area (Å²) in [6.07, 6.45) is 3.11. The van der Waals surface area contributed by atoms with E-state index in [-0.39, 0.29) is 12.5 Å². The molecule has 0 unspecified atom stereocenters. The number of hydrogen-bond acceptors (Lipinski definition) is 5. The molecule has 1 amide bonds. The topological polar surface area (TPSA) is 94.0 Å². The molecule has 0 aliphatic rings. The second-order valence-electron chi connectivity index (χ2n) is 3.96. The van der Waals surface area contributed by atoms with Crippen LogP contribution in [0.15, 0.2) is 34.9 Å². The van der Waals surface area contributed by atoms with Crippen LogP contribution in [0.25, 0.3) is 6.08 Å². The van der Waals surface area contributed by atoms with Gasteiger partial charge in [-0.3, -0.25) is 4.79 Å². The first-order valence-electron chi connectivity index (χ1n) is 5.74. The largest absolute Gasteiger partial charge is 0.399 e. The van der Waals surface area contributed by atoms with Gasteiger partial charge in [0.05, 0.1) is 6.54 Å². The van der Waals surface area contributed by atoms with Crippen LogP contribution in [0.4, 0.5) is 5.69 Å². The number of nitrogens with one attached hydrogen (secondary N) is 1. The van der Waals surface area contributed by atoms with Crippen molar-refractivity contribution in [3.8, 4) is 0 Å². The van der Waals surface area contributed by atoms with Crippen LogP contribution in [-0.2, 0) is 11.3 Å². The minimum absolute atomic E-state index is 0.209. The number of aromatic nitrogens is 2. The highest BCUT2D eigenvalue weighted by Gasteiger charge is 2.03. The Kier molecular flexibility index (Phi) is 3.92. The molecule has 1 aromatic heterocycles. The summed E-state index contributed by atoms with van der Waals surface area (Å²) in [5.41, 5.74) is 7.16. The quantitative estimate of drug-likeness (QED) is 0.636. The van der Waals surface area contributed by atoms with Gasteiger partial charge in [0.15, 0.2) is 5.82 Å². The Bertz CT molecular complexity index is 604. The summed E-state index contributed by atoms with van der Waals surface area (Å²) in [6, 6.07) is 7.26. The van der Waals surface area contributed by atoms with E-state index < -0.39 is 0 Å². The average Bonchev–Trinajstić information content (AvgIpc) is 2.80. The van der Waals surface area contributed by atoms with Crippen LogP contribution in [0.5, 0.6) is 0 Å². The lowest BCUT2D eigenvalue weighted by Crippen LogP contribution is -2.20. The Labute approximate surface area is 110 Å². The van der Waals surface area contributed by atoms with E-state index >= 15 is 0 Å². The van der Waals surface area contributed by atoms with Gasteiger partial charge in [-0.1, -0.05) is 17.3 Å². The van der Waals surface area contributed by atoms with Gasteiger partial charge in [0.2, 0.25) is 11.8 Å². The first kappa shape index (κ1) is 12.8. The van der Waals surface area contributed by atoms with E-state index in [0.717, 1.165) is 5.56 Å². The highest BCUT2D eigenvalue weighted by Crippen LogP contribution is 2.07. The van der Waals surface area contributed by atoms with Crippen LogP contribution >= 0.6 is 0 Å². The average molecular weight is 258 g/mol. The number of amides is 1. The maximum absolute atomic E-state index is 11.6. The predicted molar refractivity (Wildman–Crippen MR) is 70.8 cm³/mol. The summed E-state index contributed by atoms with van der Waals surface area (Å²) in [4.78, 5) is 15.5. The standard InChI is InChI=1S/C13H14N4O2/c1-9-16-13(19-17-9)8-15-12(18)6-5-10-3-2-4-11(14)7-10/h2-7H,8,14H2,1H3,(H,15,18)/b6-5+. The Hall–Kier alpha value is -2.63. The summed E-state index contributed by atoms with van der Waals surface area (Å²) < 4.78 is 4.88. The van der Waals surface area contributed by atoms with Gasteiger partial charge in [0.25, 0.3) is 0 Å². The molecule has 2 rings (SSSR count). The van der Waals surface area contributed by atoms with Gasteiger partial charge >= 0.3 is 0 Å². The maximum atomic E-state index is 11.6. The van der Waals surface area contributed by atoms with Crippen LogP contribution in [-0.4, -0.2) is 16.0 Å². The number of benzene rings is 1. The third-order valence-electron chi connectivity index (χ3n) is 2.32. The normalized spacial score (nSPS) is 10.8. The van der Waals surface area contributed by atoms with E-state index in [1.807, 2.05) is 12.1 Å². The van der Waals surface area contributed by atoms with Crippen molar-refractivity contribution < 1.29 is 9.32 Å². The van der Waals surface area contributed by atoms with Gasteiger partial charge in [-0.15, -0.1) is 0 Å². The lowest BCUT2D eigenvalue weighted by atomic mass is 10.2. The minimum Gasteiger partial charge on any atom is -0.399 e. The number of rotatable bonds is 4. The molecular weight excluding hydrogens is 244 g/mol. The highest BCUT2D eigenvalue weighted by molar-refractivity contribution is 5.91. The molecule has 0 atom stereocenters. The molecule has 0 saturated heterocycles. The van der Waals surface area contributed by atoms with Crippen molar-refractivity contribution in [2.24, 2.45) is 0 Å². The van der Waals surface area contributed by atoms with Crippen molar-refractivity contribution in [1.29, 1.82) is 0 Å². The SMILES string of the molecule is Cc1noc(CNC(=O)/C=C/c2cccc(N)c2)n1.